The Morgan fingerprint density at radius 3 is 3.14 bits per heavy atom. The number of hydrogen-bond donors (Lipinski definition) is 0. The van der Waals surface area contributed by atoms with E-state index in [1.54, 1.807) is 0 Å². The minimum absolute atomic E-state index is 0.344. The molecular formula is C11H12BrNO. The Hall–Kier alpha value is -0.830. The molecule has 0 saturated carbocycles. The Balaban J connectivity index is 2.30. The van der Waals surface area contributed by atoms with Crippen LogP contribution < -0.4 is 4.90 Å². The number of aldehydes is 1. The molecule has 74 valence electrons. The lowest BCUT2D eigenvalue weighted by Crippen LogP contribution is -2.27. The molecule has 0 aromatic heterocycles. The second-order valence-electron chi connectivity index (χ2n) is 3.64. The van der Waals surface area contributed by atoms with Crippen LogP contribution in [0.2, 0.25) is 0 Å². The SMILES string of the molecule is CN1c2ccc(Br)cc2CC1CC=O. The molecule has 1 aliphatic heterocycles. The van der Waals surface area contributed by atoms with Crippen molar-refractivity contribution in [2.75, 3.05) is 11.9 Å². The van der Waals surface area contributed by atoms with E-state index in [0.29, 0.717) is 12.5 Å². The Labute approximate surface area is 92.0 Å². The summed E-state index contributed by atoms with van der Waals surface area (Å²) in [5.74, 6) is 0. The largest absolute Gasteiger partial charge is 0.371 e. The van der Waals surface area contributed by atoms with Crippen molar-refractivity contribution < 1.29 is 4.79 Å². The number of likely N-dealkylation sites (N-methyl/N-ethyl adjacent to an activating group) is 1. The fraction of sp³-hybridized carbons (Fsp3) is 0.364. The van der Waals surface area contributed by atoms with E-state index in [9.17, 15) is 4.79 Å². The molecule has 1 aromatic rings. The van der Waals surface area contributed by atoms with Crippen molar-refractivity contribution in [1.29, 1.82) is 0 Å². The summed E-state index contributed by atoms with van der Waals surface area (Å²) >= 11 is 3.46. The summed E-state index contributed by atoms with van der Waals surface area (Å²) in [4.78, 5) is 12.7. The third-order valence-corrected chi connectivity index (χ3v) is 3.29. The molecule has 1 aromatic carbocycles. The number of benzene rings is 1. The zero-order valence-electron chi connectivity index (χ0n) is 8.03. The van der Waals surface area contributed by atoms with Gasteiger partial charge in [-0.05, 0) is 30.2 Å². The number of anilines is 1. The number of nitrogens with zero attached hydrogens (tertiary/aromatic N) is 1. The van der Waals surface area contributed by atoms with E-state index in [0.717, 1.165) is 17.2 Å². The van der Waals surface area contributed by atoms with Gasteiger partial charge in [-0.25, -0.2) is 0 Å². The predicted octanol–water partition coefficient (Wildman–Crippen LogP) is 2.40. The molecule has 14 heavy (non-hydrogen) atoms. The molecule has 0 aliphatic carbocycles. The number of carbonyl (C=O) groups excluding carboxylic acids is 1. The molecule has 0 bridgehead atoms. The van der Waals surface area contributed by atoms with E-state index < -0.39 is 0 Å². The maximum absolute atomic E-state index is 10.5. The molecule has 3 heteroatoms. The van der Waals surface area contributed by atoms with Crippen LogP contribution in [0.3, 0.4) is 0 Å². The molecule has 0 fully saturated rings. The van der Waals surface area contributed by atoms with Crippen LogP contribution in [0.5, 0.6) is 0 Å². The first kappa shape index (κ1) is 9.71. The first-order valence-electron chi connectivity index (χ1n) is 4.67. The van der Waals surface area contributed by atoms with Crippen LogP contribution in [-0.2, 0) is 11.2 Å². The lowest BCUT2D eigenvalue weighted by atomic mass is 10.1. The van der Waals surface area contributed by atoms with Crippen molar-refractivity contribution >= 4 is 27.9 Å². The summed E-state index contributed by atoms with van der Waals surface area (Å²) in [5.41, 5.74) is 2.58. The van der Waals surface area contributed by atoms with Gasteiger partial charge in [0.2, 0.25) is 0 Å². The highest BCUT2D eigenvalue weighted by Gasteiger charge is 2.25. The van der Waals surface area contributed by atoms with E-state index in [1.807, 2.05) is 13.1 Å². The summed E-state index contributed by atoms with van der Waals surface area (Å²) in [7, 11) is 2.05. The maximum atomic E-state index is 10.5. The van der Waals surface area contributed by atoms with Gasteiger partial charge in [0, 0.05) is 29.7 Å². The molecular weight excluding hydrogens is 242 g/mol. The second-order valence-corrected chi connectivity index (χ2v) is 4.56. The van der Waals surface area contributed by atoms with E-state index in [-0.39, 0.29) is 0 Å². The van der Waals surface area contributed by atoms with Crippen LogP contribution in [0.1, 0.15) is 12.0 Å². The van der Waals surface area contributed by atoms with Crippen LogP contribution in [-0.4, -0.2) is 19.4 Å². The van der Waals surface area contributed by atoms with Gasteiger partial charge < -0.3 is 9.69 Å². The number of fused-ring (bicyclic) bond motifs is 1. The second kappa shape index (κ2) is 3.73. The molecule has 2 nitrogen and oxygen atoms in total. The lowest BCUT2D eigenvalue weighted by molar-refractivity contribution is -0.108. The highest BCUT2D eigenvalue weighted by atomic mass is 79.9. The minimum atomic E-state index is 0.344. The van der Waals surface area contributed by atoms with Crippen molar-refractivity contribution in [3.63, 3.8) is 0 Å². The first-order valence-corrected chi connectivity index (χ1v) is 5.46. The molecule has 1 heterocycles. The van der Waals surface area contributed by atoms with Crippen molar-refractivity contribution in [3.05, 3.63) is 28.2 Å². The van der Waals surface area contributed by atoms with E-state index in [1.165, 1.54) is 11.3 Å². The lowest BCUT2D eigenvalue weighted by Gasteiger charge is -2.20. The molecule has 0 N–H and O–H groups in total. The standard InChI is InChI=1S/C11H12BrNO/c1-13-10(4-5-14)7-8-6-9(12)2-3-11(8)13/h2-3,5-6,10H,4,7H2,1H3. The van der Waals surface area contributed by atoms with Crippen LogP contribution in [0.15, 0.2) is 22.7 Å². The Morgan fingerprint density at radius 1 is 1.64 bits per heavy atom. The summed E-state index contributed by atoms with van der Waals surface area (Å²) in [6.45, 7) is 0. The van der Waals surface area contributed by atoms with Crippen LogP contribution >= 0.6 is 15.9 Å². The normalized spacial score (nSPS) is 19.6. The van der Waals surface area contributed by atoms with Crippen molar-refractivity contribution in [2.45, 2.75) is 18.9 Å². The molecule has 0 amide bonds. The first-order chi connectivity index (χ1) is 6.72. The Kier molecular flexibility index (Phi) is 2.59. The van der Waals surface area contributed by atoms with Gasteiger partial charge in [0.05, 0.1) is 0 Å². The van der Waals surface area contributed by atoms with Gasteiger partial charge in [-0.3, -0.25) is 0 Å². The van der Waals surface area contributed by atoms with Crippen LogP contribution in [0.4, 0.5) is 5.69 Å². The highest BCUT2D eigenvalue weighted by molar-refractivity contribution is 9.10. The third kappa shape index (κ3) is 1.57. The smallest absolute Gasteiger partial charge is 0.122 e. The predicted molar refractivity (Wildman–Crippen MR) is 60.7 cm³/mol. The fourth-order valence-corrected chi connectivity index (χ4v) is 2.41. The molecule has 1 atom stereocenters. The van der Waals surface area contributed by atoms with Gasteiger partial charge in [-0.15, -0.1) is 0 Å². The van der Waals surface area contributed by atoms with Gasteiger partial charge in [-0.2, -0.15) is 0 Å². The minimum Gasteiger partial charge on any atom is -0.371 e. The van der Waals surface area contributed by atoms with Crippen LogP contribution in [0, 0.1) is 0 Å². The molecule has 0 spiro atoms. The average molecular weight is 254 g/mol. The zero-order valence-corrected chi connectivity index (χ0v) is 9.62. The van der Waals surface area contributed by atoms with E-state index >= 15 is 0 Å². The highest BCUT2D eigenvalue weighted by Crippen LogP contribution is 2.33. The quantitative estimate of drug-likeness (QED) is 0.755. The Bertz CT molecular complexity index is 364. The third-order valence-electron chi connectivity index (χ3n) is 2.79. The topological polar surface area (TPSA) is 20.3 Å². The summed E-state index contributed by atoms with van der Waals surface area (Å²) < 4.78 is 1.11. The van der Waals surface area contributed by atoms with Gasteiger partial charge in [0.25, 0.3) is 0 Å². The molecule has 1 unspecified atom stereocenters. The van der Waals surface area contributed by atoms with Gasteiger partial charge >= 0.3 is 0 Å². The maximum Gasteiger partial charge on any atom is 0.122 e. The number of halogens is 1. The van der Waals surface area contributed by atoms with Crippen molar-refractivity contribution in [1.82, 2.24) is 0 Å². The monoisotopic (exact) mass is 253 g/mol. The van der Waals surface area contributed by atoms with Gasteiger partial charge in [-0.1, -0.05) is 15.9 Å². The molecule has 1 aliphatic rings. The summed E-state index contributed by atoms with van der Waals surface area (Å²) in [6, 6.07) is 6.62. The van der Waals surface area contributed by atoms with E-state index in [2.05, 4.69) is 33.0 Å². The van der Waals surface area contributed by atoms with Crippen LogP contribution in [0.25, 0.3) is 0 Å². The number of carbonyl (C=O) groups is 1. The van der Waals surface area contributed by atoms with Gasteiger partial charge in [0.1, 0.15) is 6.29 Å². The van der Waals surface area contributed by atoms with Crippen molar-refractivity contribution in [2.24, 2.45) is 0 Å². The molecule has 0 saturated heterocycles. The fourth-order valence-electron chi connectivity index (χ4n) is 2.00. The summed E-state index contributed by atoms with van der Waals surface area (Å²) in [6.07, 6.45) is 2.59. The van der Waals surface area contributed by atoms with E-state index in [4.69, 9.17) is 0 Å². The summed E-state index contributed by atoms with van der Waals surface area (Å²) in [5, 5.41) is 0. The molecule has 0 radical (unpaired) electrons. The Morgan fingerprint density at radius 2 is 2.43 bits per heavy atom. The average Bonchev–Trinajstić information content (AvgIpc) is 2.44. The number of hydrogen-bond acceptors (Lipinski definition) is 2. The molecule has 2 rings (SSSR count). The van der Waals surface area contributed by atoms with Crippen molar-refractivity contribution in [3.8, 4) is 0 Å². The number of rotatable bonds is 2. The zero-order chi connectivity index (χ0) is 10.1. The van der Waals surface area contributed by atoms with Gasteiger partial charge in [0.15, 0.2) is 0 Å².